The predicted molar refractivity (Wildman–Crippen MR) is 95.9 cm³/mol. The van der Waals surface area contributed by atoms with Gasteiger partial charge in [0.05, 0.1) is 11.1 Å². The molecule has 5 nitrogen and oxygen atoms in total. The minimum atomic E-state index is -0.0126. The highest BCUT2D eigenvalue weighted by Crippen LogP contribution is 2.32. The summed E-state index contributed by atoms with van der Waals surface area (Å²) in [5, 5.41) is 3.21. The molecule has 5 heteroatoms. The van der Waals surface area contributed by atoms with Crippen molar-refractivity contribution in [3.8, 4) is 11.5 Å². The zero-order valence-corrected chi connectivity index (χ0v) is 14.4. The molecule has 0 atom stereocenters. The predicted octanol–water partition coefficient (Wildman–Crippen LogP) is 2.14. The van der Waals surface area contributed by atoms with E-state index in [0.717, 1.165) is 45.6 Å². The average molecular weight is 337 g/mol. The van der Waals surface area contributed by atoms with Crippen molar-refractivity contribution in [1.29, 1.82) is 0 Å². The molecular formula is C20H21N2O3+. The van der Waals surface area contributed by atoms with Crippen LogP contribution in [0, 0.1) is 13.8 Å². The van der Waals surface area contributed by atoms with E-state index in [4.69, 9.17) is 9.47 Å². The third kappa shape index (κ3) is 3.10. The largest absolute Gasteiger partial charge is 0.454 e. The van der Waals surface area contributed by atoms with Gasteiger partial charge in [-0.3, -0.25) is 4.79 Å². The van der Waals surface area contributed by atoms with E-state index >= 15 is 0 Å². The van der Waals surface area contributed by atoms with Crippen LogP contribution in [-0.4, -0.2) is 11.8 Å². The van der Waals surface area contributed by atoms with E-state index in [1.54, 1.807) is 0 Å². The van der Waals surface area contributed by atoms with Crippen LogP contribution in [0.2, 0.25) is 0 Å². The highest BCUT2D eigenvalue weighted by atomic mass is 16.7. The molecule has 0 aliphatic carbocycles. The van der Waals surface area contributed by atoms with E-state index in [-0.39, 0.29) is 12.4 Å². The molecule has 25 heavy (non-hydrogen) atoms. The van der Waals surface area contributed by atoms with E-state index in [0.29, 0.717) is 6.54 Å². The number of aromatic nitrogens is 1. The Bertz CT molecular complexity index is 1010. The van der Waals surface area contributed by atoms with Crippen LogP contribution in [0.3, 0.4) is 0 Å². The van der Waals surface area contributed by atoms with Crippen molar-refractivity contribution in [2.75, 3.05) is 6.79 Å². The first-order valence-corrected chi connectivity index (χ1v) is 8.43. The Hall–Kier alpha value is -2.79. The van der Waals surface area contributed by atoms with Gasteiger partial charge in [-0.1, -0.05) is 11.6 Å². The Labute approximate surface area is 145 Å². The van der Waals surface area contributed by atoms with E-state index in [1.807, 2.05) is 31.2 Å². The van der Waals surface area contributed by atoms with E-state index in [2.05, 4.69) is 29.4 Å². The number of aromatic amines is 1. The number of rotatable bonds is 4. The molecule has 2 heterocycles. The summed E-state index contributed by atoms with van der Waals surface area (Å²) in [5.41, 5.74) is 5.15. The summed E-state index contributed by atoms with van der Waals surface area (Å²) in [7, 11) is 0. The molecule has 0 bridgehead atoms. The van der Waals surface area contributed by atoms with Gasteiger partial charge in [0.1, 0.15) is 13.1 Å². The molecule has 0 amide bonds. The van der Waals surface area contributed by atoms with Crippen molar-refractivity contribution in [1.82, 2.24) is 4.98 Å². The fourth-order valence-electron chi connectivity index (χ4n) is 3.35. The van der Waals surface area contributed by atoms with Gasteiger partial charge in [-0.25, -0.2) is 0 Å². The Morgan fingerprint density at radius 2 is 1.88 bits per heavy atom. The van der Waals surface area contributed by atoms with Gasteiger partial charge in [-0.15, -0.1) is 0 Å². The molecule has 0 unspecified atom stereocenters. The van der Waals surface area contributed by atoms with E-state index in [1.165, 1.54) is 5.56 Å². The second kappa shape index (κ2) is 6.26. The standard InChI is InChI=1S/C20H20N2O3/c1-12-5-13(2)19-15(6-12)8-16(20(23)22-19)10-21-9-14-3-4-17-18(7-14)25-11-24-17/h3-8,21H,9-11H2,1-2H3,(H,22,23)/p+1. The smallest absolute Gasteiger partial charge is 0.257 e. The maximum absolute atomic E-state index is 12.4. The highest BCUT2D eigenvalue weighted by Gasteiger charge is 2.14. The quantitative estimate of drug-likeness (QED) is 0.766. The van der Waals surface area contributed by atoms with Crippen molar-refractivity contribution in [3.05, 3.63) is 69.0 Å². The molecule has 0 fully saturated rings. The van der Waals surface area contributed by atoms with Crippen molar-refractivity contribution in [3.63, 3.8) is 0 Å². The summed E-state index contributed by atoms with van der Waals surface area (Å²) in [6, 6.07) is 12.2. The number of fused-ring (bicyclic) bond motifs is 2. The third-order valence-corrected chi connectivity index (χ3v) is 4.55. The van der Waals surface area contributed by atoms with Crippen LogP contribution in [0.25, 0.3) is 10.9 Å². The van der Waals surface area contributed by atoms with Crippen LogP contribution in [0.5, 0.6) is 11.5 Å². The van der Waals surface area contributed by atoms with Gasteiger partial charge in [0.15, 0.2) is 11.5 Å². The summed E-state index contributed by atoms with van der Waals surface area (Å²) in [6.45, 7) is 5.79. The Balaban J connectivity index is 1.51. The second-order valence-electron chi connectivity index (χ2n) is 6.55. The molecule has 128 valence electrons. The Kier molecular flexibility index (Phi) is 3.93. The zero-order valence-electron chi connectivity index (χ0n) is 14.4. The number of nitrogens with two attached hydrogens (primary N) is 1. The fraction of sp³-hybridized carbons (Fsp3) is 0.250. The SMILES string of the molecule is Cc1cc(C)c2[nH]c(=O)c(C[NH2+]Cc3ccc4c(c3)OCO4)cc2c1. The normalized spacial score (nSPS) is 12.7. The molecule has 3 N–H and O–H groups in total. The van der Waals surface area contributed by atoms with E-state index in [9.17, 15) is 4.79 Å². The lowest BCUT2D eigenvalue weighted by Crippen LogP contribution is -2.81. The summed E-state index contributed by atoms with van der Waals surface area (Å²) in [4.78, 5) is 15.4. The van der Waals surface area contributed by atoms with Gasteiger partial charge in [-0.2, -0.15) is 0 Å². The molecule has 0 spiro atoms. The molecule has 0 radical (unpaired) electrons. The molecule has 0 saturated heterocycles. The highest BCUT2D eigenvalue weighted by molar-refractivity contribution is 5.82. The molecule has 1 aliphatic heterocycles. The molecule has 2 aromatic carbocycles. The fourth-order valence-corrected chi connectivity index (χ4v) is 3.35. The minimum absolute atomic E-state index is 0.0126. The molecule has 3 aromatic rings. The van der Waals surface area contributed by atoms with Crippen LogP contribution < -0.4 is 20.3 Å². The summed E-state index contributed by atoms with van der Waals surface area (Å²) in [5.74, 6) is 1.58. The van der Waals surface area contributed by atoms with Gasteiger partial charge < -0.3 is 19.8 Å². The minimum Gasteiger partial charge on any atom is -0.454 e. The number of hydrogen-bond acceptors (Lipinski definition) is 3. The Morgan fingerprint density at radius 3 is 2.76 bits per heavy atom. The Morgan fingerprint density at radius 1 is 1.04 bits per heavy atom. The monoisotopic (exact) mass is 337 g/mol. The number of quaternary nitrogens is 1. The maximum Gasteiger partial charge on any atom is 0.257 e. The number of H-pyrrole nitrogens is 1. The lowest BCUT2D eigenvalue weighted by molar-refractivity contribution is -0.686. The first kappa shape index (κ1) is 15.7. The molecule has 1 aliphatic rings. The lowest BCUT2D eigenvalue weighted by Gasteiger charge is -2.07. The van der Waals surface area contributed by atoms with Crippen molar-refractivity contribution in [2.45, 2.75) is 26.9 Å². The van der Waals surface area contributed by atoms with Gasteiger partial charge in [-0.05, 0) is 55.1 Å². The number of benzene rings is 2. The van der Waals surface area contributed by atoms with Crippen molar-refractivity contribution >= 4 is 10.9 Å². The van der Waals surface area contributed by atoms with Gasteiger partial charge in [0, 0.05) is 5.56 Å². The van der Waals surface area contributed by atoms with Crippen LogP contribution in [0.4, 0.5) is 0 Å². The summed E-state index contributed by atoms with van der Waals surface area (Å²) >= 11 is 0. The first-order valence-electron chi connectivity index (χ1n) is 8.43. The van der Waals surface area contributed by atoms with Crippen molar-refractivity contribution < 1.29 is 14.8 Å². The number of pyridine rings is 1. The summed E-state index contributed by atoms with van der Waals surface area (Å²) < 4.78 is 10.7. The maximum atomic E-state index is 12.4. The number of hydrogen-bond donors (Lipinski definition) is 2. The van der Waals surface area contributed by atoms with Crippen LogP contribution in [0.15, 0.2) is 41.2 Å². The zero-order chi connectivity index (χ0) is 17.4. The molecule has 1 aromatic heterocycles. The number of aryl methyl sites for hydroxylation is 2. The van der Waals surface area contributed by atoms with Gasteiger partial charge >= 0.3 is 0 Å². The first-order chi connectivity index (χ1) is 12.1. The second-order valence-corrected chi connectivity index (χ2v) is 6.55. The van der Waals surface area contributed by atoms with Crippen LogP contribution in [-0.2, 0) is 13.1 Å². The van der Waals surface area contributed by atoms with E-state index < -0.39 is 0 Å². The third-order valence-electron chi connectivity index (χ3n) is 4.55. The molecule has 4 rings (SSSR count). The van der Waals surface area contributed by atoms with Crippen LogP contribution in [0.1, 0.15) is 22.3 Å². The van der Waals surface area contributed by atoms with Gasteiger partial charge in [0.25, 0.3) is 5.56 Å². The summed E-state index contributed by atoms with van der Waals surface area (Å²) in [6.07, 6.45) is 0. The molecular weight excluding hydrogens is 316 g/mol. The average Bonchev–Trinajstić information content (AvgIpc) is 3.04. The number of ether oxygens (including phenoxy) is 2. The van der Waals surface area contributed by atoms with Crippen LogP contribution >= 0.6 is 0 Å². The topological polar surface area (TPSA) is 67.9 Å². The number of nitrogens with one attached hydrogen (secondary N) is 1. The van der Waals surface area contributed by atoms with Crippen molar-refractivity contribution in [2.24, 2.45) is 0 Å². The molecule has 0 saturated carbocycles. The lowest BCUT2D eigenvalue weighted by atomic mass is 10.1. The van der Waals surface area contributed by atoms with Gasteiger partial charge in [0.2, 0.25) is 6.79 Å².